The summed E-state index contributed by atoms with van der Waals surface area (Å²) in [5.41, 5.74) is -3.24. The number of aliphatic carboxylic acids is 2. The first-order valence-electron chi connectivity index (χ1n) is 12.1. The molecule has 0 aliphatic rings. The molecule has 0 rings (SSSR count). The molecule has 0 saturated heterocycles. The van der Waals surface area contributed by atoms with E-state index in [0.717, 1.165) is 0 Å². The fourth-order valence-corrected chi connectivity index (χ4v) is 4.32. The standard InChI is InChI=1S/C25H45IN2O9/c1-23(2,16-24(3,4)22(34)35)21(33)28-17(20(31)32)9-10-18(29)25(5,6)27-11-12-36-13-14-37-15-19(30)26(7)8/h17,27H,9-16H2,1-8H3,(H,28,33)(H,31,32)(H,34,35). The van der Waals surface area contributed by atoms with E-state index in [0.29, 0.717) is 26.4 Å². The minimum absolute atomic E-state index is 0.00933. The number of Topliss-reactive ketones (excluding diaryl/α,β-unsaturated/α-hetero) is 1. The van der Waals surface area contributed by atoms with E-state index in [4.69, 9.17) is 9.47 Å². The number of carboxylic acid groups (broad SMARTS) is 2. The number of ketones is 1. The second kappa shape index (κ2) is 15.7. The minimum atomic E-state index is -1.49. The van der Waals surface area contributed by atoms with Crippen LogP contribution in [0.15, 0.2) is 0 Å². The summed E-state index contributed by atoms with van der Waals surface area (Å²) < 4.78 is 10.9. The summed E-state index contributed by atoms with van der Waals surface area (Å²) in [4.78, 5) is 64.1. The molecule has 0 aromatic carbocycles. The SMILES string of the molecule is CI(C)C(=O)COCCOCCNC(C)(C)C(=O)CCC(NC(=O)C(C)(C)CC(C)(C)C(=O)O)C(=O)O. The van der Waals surface area contributed by atoms with Crippen molar-refractivity contribution < 1.29 is 43.7 Å². The van der Waals surface area contributed by atoms with E-state index < -0.39 is 60.1 Å². The Balaban J connectivity index is 4.61. The zero-order chi connectivity index (χ0) is 29.0. The molecule has 0 spiro atoms. The number of hydrogen-bond acceptors (Lipinski definition) is 8. The topological polar surface area (TPSA) is 168 Å². The Morgan fingerprint density at radius 1 is 0.865 bits per heavy atom. The zero-order valence-corrected chi connectivity index (χ0v) is 25.5. The van der Waals surface area contributed by atoms with Crippen LogP contribution in [0.5, 0.6) is 0 Å². The molecule has 0 bridgehead atoms. The first-order valence-corrected chi connectivity index (χ1v) is 17.5. The smallest absolute Gasteiger partial charge is 0.481 e. The second-order valence-corrected chi connectivity index (χ2v) is 16.4. The van der Waals surface area contributed by atoms with Crippen molar-refractivity contribution in [3.05, 3.63) is 0 Å². The normalized spacial score (nSPS) is 13.6. The van der Waals surface area contributed by atoms with Crippen LogP contribution in [0.2, 0.25) is 0 Å². The molecule has 0 aliphatic heterocycles. The van der Waals surface area contributed by atoms with Gasteiger partial charge in [0.25, 0.3) is 0 Å². The molecule has 37 heavy (non-hydrogen) atoms. The molecule has 1 atom stereocenters. The van der Waals surface area contributed by atoms with Crippen LogP contribution >= 0.6 is 19.8 Å². The van der Waals surface area contributed by atoms with Gasteiger partial charge in [-0.3, -0.25) is 9.59 Å². The number of ether oxygens (including phenoxy) is 2. The number of amides is 1. The quantitative estimate of drug-likeness (QED) is 0.0667. The van der Waals surface area contributed by atoms with Gasteiger partial charge in [-0.15, -0.1) is 0 Å². The van der Waals surface area contributed by atoms with Crippen molar-refractivity contribution in [3.63, 3.8) is 0 Å². The molecular weight excluding hydrogens is 599 g/mol. The molecule has 0 fully saturated rings. The minimum Gasteiger partial charge on any atom is -0.481 e. The van der Waals surface area contributed by atoms with Gasteiger partial charge in [0, 0.05) is 5.41 Å². The number of nitrogens with one attached hydrogen (secondary N) is 2. The summed E-state index contributed by atoms with van der Waals surface area (Å²) in [7, 11) is 0. The van der Waals surface area contributed by atoms with Crippen molar-refractivity contribution in [3.8, 4) is 0 Å². The zero-order valence-electron chi connectivity index (χ0n) is 23.4. The number of halogens is 1. The number of alkyl halides is 2. The van der Waals surface area contributed by atoms with Crippen molar-refractivity contribution >= 4 is 47.2 Å². The number of carboxylic acids is 2. The Morgan fingerprint density at radius 3 is 1.95 bits per heavy atom. The van der Waals surface area contributed by atoms with E-state index >= 15 is 0 Å². The molecule has 0 radical (unpaired) electrons. The van der Waals surface area contributed by atoms with Gasteiger partial charge >= 0.3 is 134 Å². The van der Waals surface area contributed by atoms with Gasteiger partial charge in [-0.05, 0) is 26.7 Å². The van der Waals surface area contributed by atoms with Crippen LogP contribution in [-0.4, -0.2) is 92.0 Å². The van der Waals surface area contributed by atoms with Gasteiger partial charge < -0.3 is 15.5 Å². The van der Waals surface area contributed by atoms with Crippen molar-refractivity contribution in [2.24, 2.45) is 10.8 Å². The summed E-state index contributed by atoms with van der Waals surface area (Å²) >= 11 is -1.49. The van der Waals surface area contributed by atoms with E-state index in [9.17, 15) is 34.2 Å². The van der Waals surface area contributed by atoms with E-state index in [1.54, 1.807) is 27.7 Å². The predicted octanol–water partition coefficient (Wildman–Crippen LogP) is 2.13. The van der Waals surface area contributed by atoms with Crippen LogP contribution in [-0.2, 0) is 33.4 Å². The second-order valence-electron chi connectivity index (χ2n) is 10.9. The first-order chi connectivity index (χ1) is 16.8. The number of rotatable bonds is 20. The van der Waals surface area contributed by atoms with E-state index in [-0.39, 0.29) is 35.4 Å². The molecular formula is C25H45IN2O9. The van der Waals surface area contributed by atoms with E-state index in [1.165, 1.54) is 13.8 Å². The molecule has 0 aliphatic carbocycles. The van der Waals surface area contributed by atoms with Crippen molar-refractivity contribution in [1.82, 2.24) is 10.6 Å². The average molecular weight is 645 g/mol. The molecule has 0 aromatic heterocycles. The number of carbonyl (C=O) groups is 5. The summed E-state index contributed by atoms with van der Waals surface area (Å²) in [5.74, 6) is -3.13. The van der Waals surface area contributed by atoms with Gasteiger partial charge in [0.15, 0.2) is 0 Å². The predicted molar refractivity (Wildman–Crippen MR) is 148 cm³/mol. The third kappa shape index (κ3) is 13.6. The molecule has 1 unspecified atom stereocenters. The van der Waals surface area contributed by atoms with Gasteiger partial charge in [-0.2, -0.15) is 0 Å². The van der Waals surface area contributed by atoms with Gasteiger partial charge in [0.1, 0.15) is 6.04 Å². The number of carbonyl (C=O) groups excluding carboxylic acids is 3. The fourth-order valence-electron chi connectivity index (χ4n) is 3.48. The molecule has 216 valence electrons. The summed E-state index contributed by atoms with van der Waals surface area (Å²) in [6.45, 7) is 11.0. The van der Waals surface area contributed by atoms with Gasteiger partial charge in [0.05, 0.1) is 5.41 Å². The fraction of sp³-hybridized carbons (Fsp3) is 0.800. The molecule has 11 nitrogen and oxygen atoms in total. The Kier molecular flexibility index (Phi) is 15.0. The summed E-state index contributed by atoms with van der Waals surface area (Å²) in [6.07, 6.45) is -0.175. The van der Waals surface area contributed by atoms with Crippen LogP contribution in [0.1, 0.15) is 60.8 Å². The van der Waals surface area contributed by atoms with Crippen LogP contribution in [0, 0.1) is 10.8 Å². The number of hydrogen-bond donors (Lipinski definition) is 4. The summed E-state index contributed by atoms with van der Waals surface area (Å²) in [6, 6.07) is -1.28. The van der Waals surface area contributed by atoms with Crippen LogP contribution < -0.4 is 10.6 Å². The molecule has 1 amide bonds. The molecule has 12 heteroatoms. The van der Waals surface area contributed by atoms with Crippen molar-refractivity contribution in [2.75, 3.05) is 42.8 Å². The Labute approximate surface area is 227 Å². The van der Waals surface area contributed by atoms with Crippen LogP contribution in [0.25, 0.3) is 0 Å². The average Bonchev–Trinajstić information content (AvgIpc) is 2.76. The van der Waals surface area contributed by atoms with Gasteiger partial charge in [0.2, 0.25) is 5.91 Å². The maximum atomic E-state index is 12.8. The Morgan fingerprint density at radius 2 is 1.43 bits per heavy atom. The van der Waals surface area contributed by atoms with E-state index in [2.05, 4.69) is 10.6 Å². The third-order valence-corrected chi connectivity index (χ3v) is 8.58. The third-order valence-electron chi connectivity index (χ3n) is 5.86. The summed E-state index contributed by atoms with van der Waals surface area (Å²) in [5, 5.41) is 24.5. The molecule has 4 N–H and O–H groups in total. The monoisotopic (exact) mass is 644 g/mol. The van der Waals surface area contributed by atoms with Gasteiger partial charge in [-0.1, -0.05) is 13.8 Å². The molecule has 0 heterocycles. The van der Waals surface area contributed by atoms with Gasteiger partial charge in [-0.25, -0.2) is 4.79 Å². The van der Waals surface area contributed by atoms with Crippen molar-refractivity contribution in [2.45, 2.75) is 72.4 Å². The first kappa shape index (κ1) is 35.4. The maximum absolute atomic E-state index is 12.8. The van der Waals surface area contributed by atoms with Crippen molar-refractivity contribution in [1.29, 1.82) is 0 Å². The Hall–Kier alpha value is -1.64. The Bertz CT molecular complexity index is 810. The molecule has 0 saturated carbocycles. The van der Waals surface area contributed by atoms with Crippen LogP contribution in [0.4, 0.5) is 0 Å². The molecule has 0 aromatic rings. The van der Waals surface area contributed by atoms with Crippen LogP contribution in [0.3, 0.4) is 0 Å². The van der Waals surface area contributed by atoms with E-state index in [1.807, 2.05) is 9.86 Å².